The zero-order valence-corrected chi connectivity index (χ0v) is 12.2. The van der Waals surface area contributed by atoms with Crippen molar-refractivity contribution in [2.24, 2.45) is 5.73 Å². The SMILES string of the molecule is NCc1cccc2c1ccn2Cc1sccc1Br. The van der Waals surface area contributed by atoms with Crippen molar-refractivity contribution in [1.82, 2.24) is 4.57 Å². The highest BCUT2D eigenvalue weighted by Crippen LogP contribution is 2.26. The van der Waals surface area contributed by atoms with E-state index in [0.29, 0.717) is 6.54 Å². The molecular formula is C14H13BrN2S. The minimum atomic E-state index is 0.587. The van der Waals surface area contributed by atoms with Crippen molar-refractivity contribution in [2.45, 2.75) is 13.1 Å². The topological polar surface area (TPSA) is 30.9 Å². The summed E-state index contributed by atoms with van der Waals surface area (Å²) in [6.07, 6.45) is 2.13. The van der Waals surface area contributed by atoms with Crippen LogP contribution in [0.15, 0.2) is 46.4 Å². The molecule has 2 heterocycles. The summed E-state index contributed by atoms with van der Waals surface area (Å²) < 4.78 is 3.45. The van der Waals surface area contributed by atoms with Crippen LogP contribution in [0.3, 0.4) is 0 Å². The molecule has 0 aliphatic carbocycles. The molecule has 2 nitrogen and oxygen atoms in total. The first-order chi connectivity index (χ1) is 8.79. The quantitative estimate of drug-likeness (QED) is 0.777. The first-order valence-electron chi connectivity index (χ1n) is 5.78. The highest BCUT2D eigenvalue weighted by Gasteiger charge is 2.07. The van der Waals surface area contributed by atoms with Crippen LogP contribution < -0.4 is 5.73 Å². The Morgan fingerprint density at radius 3 is 2.83 bits per heavy atom. The molecule has 0 amide bonds. The van der Waals surface area contributed by atoms with Crippen molar-refractivity contribution >= 4 is 38.2 Å². The number of hydrogen-bond donors (Lipinski definition) is 1. The lowest BCUT2D eigenvalue weighted by molar-refractivity contribution is 0.848. The lowest BCUT2D eigenvalue weighted by atomic mass is 10.1. The van der Waals surface area contributed by atoms with E-state index in [9.17, 15) is 0 Å². The second-order valence-electron chi connectivity index (χ2n) is 4.19. The van der Waals surface area contributed by atoms with Crippen LogP contribution in [-0.4, -0.2) is 4.57 Å². The molecule has 0 radical (unpaired) electrons. The number of benzene rings is 1. The van der Waals surface area contributed by atoms with Crippen LogP contribution in [0, 0.1) is 0 Å². The number of aromatic nitrogens is 1. The van der Waals surface area contributed by atoms with Gasteiger partial charge < -0.3 is 10.3 Å². The molecule has 4 heteroatoms. The van der Waals surface area contributed by atoms with Gasteiger partial charge in [-0.25, -0.2) is 0 Å². The van der Waals surface area contributed by atoms with Gasteiger partial charge in [-0.2, -0.15) is 0 Å². The van der Waals surface area contributed by atoms with Gasteiger partial charge in [0.05, 0.1) is 6.54 Å². The summed E-state index contributed by atoms with van der Waals surface area (Å²) in [5.41, 5.74) is 8.22. The average Bonchev–Trinajstić information content (AvgIpc) is 2.97. The van der Waals surface area contributed by atoms with E-state index >= 15 is 0 Å². The molecule has 18 heavy (non-hydrogen) atoms. The molecule has 2 N–H and O–H groups in total. The fraction of sp³-hybridized carbons (Fsp3) is 0.143. The van der Waals surface area contributed by atoms with E-state index in [4.69, 9.17) is 5.73 Å². The monoisotopic (exact) mass is 320 g/mol. The van der Waals surface area contributed by atoms with Gasteiger partial charge in [-0.15, -0.1) is 11.3 Å². The van der Waals surface area contributed by atoms with Crippen LogP contribution in [0.5, 0.6) is 0 Å². The Hall–Kier alpha value is -1.10. The summed E-state index contributed by atoms with van der Waals surface area (Å²) in [5.74, 6) is 0. The maximum absolute atomic E-state index is 5.77. The average molecular weight is 321 g/mol. The number of thiophene rings is 1. The summed E-state index contributed by atoms with van der Waals surface area (Å²) in [6, 6.07) is 10.6. The Kier molecular flexibility index (Phi) is 3.24. The lowest BCUT2D eigenvalue weighted by Crippen LogP contribution is -1.99. The van der Waals surface area contributed by atoms with E-state index in [-0.39, 0.29) is 0 Å². The van der Waals surface area contributed by atoms with Gasteiger partial charge in [-0.05, 0) is 45.1 Å². The van der Waals surface area contributed by atoms with Gasteiger partial charge >= 0.3 is 0 Å². The molecule has 0 aliphatic rings. The fourth-order valence-electron chi connectivity index (χ4n) is 2.20. The molecule has 0 atom stereocenters. The normalized spacial score (nSPS) is 11.2. The third kappa shape index (κ3) is 2.00. The van der Waals surface area contributed by atoms with Gasteiger partial charge in [-0.1, -0.05) is 12.1 Å². The number of nitrogens with two attached hydrogens (primary N) is 1. The zero-order valence-electron chi connectivity index (χ0n) is 9.77. The minimum Gasteiger partial charge on any atom is -0.342 e. The highest BCUT2D eigenvalue weighted by molar-refractivity contribution is 9.10. The molecule has 0 saturated carbocycles. The second kappa shape index (κ2) is 4.88. The van der Waals surface area contributed by atoms with Crippen molar-refractivity contribution < 1.29 is 0 Å². The summed E-state index contributed by atoms with van der Waals surface area (Å²) in [4.78, 5) is 1.34. The zero-order chi connectivity index (χ0) is 12.5. The van der Waals surface area contributed by atoms with E-state index in [1.165, 1.54) is 25.8 Å². The number of fused-ring (bicyclic) bond motifs is 1. The van der Waals surface area contributed by atoms with Crippen molar-refractivity contribution in [3.63, 3.8) is 0 Å². The summed E-state index contributed by atoms with van der Waals surface area (Å²) in [5, 5.41) is 3.36. The molecule has 0 bridgehead atoms. The van der Waals surface area contributed by atoms with Crippen LogP contribution in [0.1, 0.15) is 10.4 Å². The Morgan fingerprint density at radius 1 is 1.22 bits per heavy atom. The molecule has 3 aromatic rings. The van der Waals surface area contributed by atoms with Gasteiger partial charge in [-0.3, -0.25) is 0 Å². The van der Waals surface area contributed by atoms with Crippen LogP contribution in [0.4, 0.5) is 0 Å². The molecule has 0 unspecified atom stereocenters. The van der Waals surface area contributed by atoms with E-state index in [2.05, 4.69) is 62.4 Å². The third-order valence-electron chi connectivity index (χ3n) is 3.13. The summed E-state index contributed by atoms with van der Waals surface area (Å²) in [7, 11) is 0. The molecule has 0 fully saturated rings. The molecule has 0 saturated heterocycles. The van der Waals surface area contributed by atoms with Gasteiger partial charge in [0.25, 0.3) is 0 Å². The van der Waals surface area contributed by atoms with E-state index < -0.39 is 0 Å². The molecule has 2 aromatic heterocycles. The summed E-state index contributed by atoms with van der Waals surface area (Å²) in [6.45, 7) is 1.49. The predicted molar refractivity (Wildman–Crippen MR) is 81.0 cm³/mol. The Bertz CT molecular complexity index is 684. The molecule has 3 rings (SSSR count). The number of rotatable bonds is 3. The van der Waals surface area contributed by atoms with Gasteiger partial charge in [0.2, 0.25) is 0 Å². The maximum atomic E-state index is 5.77. The van der Waals surface area contributed by atoms with Crippen LogP contribution in [0.25, 0.3) is 10.9 Å². The van der Waals surface area contributed by atoms with E-state index in [0.717, 1.165) is 6.54 Å². The van der Waals surface area contributed by atoms with Crippen molar-refractivity contribution in [1.29, 1.82) is 0 Å². The maximum Gasteiger partial charge on any atom is 0.0580 e. The Balaban J connectivity index is 2.06. The Morgan fingerprint density at radius 2 is 2.11 bits per heavy atom. The van der Waals surface area contributed by atoms with Crippen LogP contribution in [0.2, 0.25) is 0 Å². The van der Waals surface area contributed by atoms with Crippen molar-refractivity contribution in [2.75, 3.05) is 0 Å². The largest absolute Gasteiger partial charge is 0.342 e. The van der Waals surface area contributed by atoms with Crippen LogP contribution >= 0.6 is 27.3 Å². The van der Waals surface area contributed by atoms with Crippen molar-refractivity contribution in [3.05, 3.63) is 56.8 Å². The lowest BCUT2D eigenvalue weighted by Gasteiger charge is -2.05. The number of nitrogens with zero attached hydrogens (tertiary/aromatic N) is 1. The highest BCUT2D eigenvalue weighted by atomic mass is 79.9. The standard InChI is InChI=1S/C14H13BrN2S/c15-12-5-7-18-14(12)9-17-6-4-11-10(8-16)2-1-3-13(11)17/h1-7H,8-9,16H2. The van der Waals surface area contributed by atoms with Crippen LogP contribution in [-0.2, 0) is 13.1 Å². The first-order valence-corrected chi connectivity index (χ1v) is 7.45. The molecule has 0 spiro atoms. The number of hydrogen-bond acceptors (Lipinski definition) is 2. The van der Waals surface area contributed by atoms with E-state index in [1.807, 2.05) is 0 Å². The molecule has 92 valence electrons. The van der Waals surface area contributed by atoms with Crippen molar-refractivity contribution in [3.8, 4) is 0 Å². The molecular weight excluding hydrogens is 308 g/mol. The minimum absolute atomic E-state index is 0.587. The van der Waals surface area contributed by atoms with Gasteiger partial charge in [0.1, 0.15) is 0 Å². The molecule has 1 aromatic carbocycles. The number of halogens is 1. The second-order valence-corrected chi connectivity index (χ2v) is 6.04. The fourth-order valence-corrected chi connectivity index (χ4v) is 3.67. The molecule has 0 aliphatic heterocycles. The van der Waals surface area contributed by atoms with E-state index in [1.54, 1.807) is 11.3 Å². The van der Waals surface area contributed by atoms with Gasteiger partial charge in [0.15, 0.2) is 0 Å². The Labute approximate surface area is 118 Å². The third-order valence-corrected chi connectivity index (χ3v) is 5.04. The first kappa shape index (κ1) is 12.0. The van der Waals surface area contributed by atoms with Gasteiger partial charge in [0, 0.05) is 33.0 Å². The predicted octanol–water partition coefficient (Wildman–Crippen LogP) is 3.97. The summed E-state index contributed by atoms with van der Waals surface area (Å²) >= 11 is 5.36. The smallest absolute Gasteiger partial charge is 0.0580 e.